The molecule has 0 bridgehead atoms. The van der Waals surface area contributed by atoms with E-state index in [9.17, 15) is 4.79 Å². The Labute approximate surface area is 159 Å². The van der Waals surface area contributed by atoms with E-state index in [1.807, 2.05) is 36.4 Å². The van der Waals surface area contributed by atoms with Gasteiger partial charge in [0.15, 0.2) is 5.88 Å². The zero-order chi connectivity index (χ0) is 19.1. The molecule has 0 saturated carbocycles. The molecule has 27 heavy (non-hydrogen) atoms. The molecule has 0 aliphatic carbocycles. The third-order valence-corrected chi connectivity index (χ3v) is 4.66. The minimum atomic E-state index is -0.0579. The molecule has 0 spiro atoms. The van der Waals surface area contributed by atoms with Gasteiger partial charge in [0.05, 0.1) is 19.1 Å². The van der Waals surface area contributed by atoms with Crippen LogP contribution in [0.15, 0.2) is 53.6 Å². The van der Waals surface area contributed by atoms with Crippen LogP contribution in [0, 0.1) is 0 Å². The number of pyridine rings is 2. The number of rotatable bonds is 9. The number of fused-ring (bicyclic) bond motifs is 1. The molecule has 3 rings (SSSR count). The molecule has 0 aliphatic rings. The smallest absolute Gasteiger partial charge is 0.261 e. The van der Waals surface area contributed by atoms with E-state index in [4.69, 9.17) is 9.47 Å². The second-order valence-corrected chi connectivity index (χ2v) is 6.52. The number of unbranched alkanes of at least 4 members (excludes halogenated alkanes) is 2. The van der Waals surface area contributed by atoms with Crippen molar-refractivity contribution in [1.29, 1.82) is 0 Å². The molecule has 0 N–H and O–H groups in total. The van der Waals surface area contributed by atoms with Crippen molar-refractivity contribution in [2.75, 3.05) is 13.7 Å². The van der Waals surface area contributed by atoms with Crippen LogP contribution in [0.5, 0.6) is 11.6 Å². The Kier molecular flexibility index (Phi) is 6.47. The Morgan fingerprint density at radius 2 is 1.89 bits per heavy atom. The molecule has 5 heteroatoms. The van der Waals surface area contributed by atoms with Gasteiger partial charge < -0.3 is 9.47 Å². The van der Waals surface area contributed by atoms with Gasteiger partial charge in [-0.25, -0.2) is 0 Å². The Morgan fingerprint density at radius 1 is 1.07 bits per heavy atom. The summed E-state index contributed by atoms with van der Waals surface area (Å²) in [6.07, 6.45) is 7.55. The predicted molar refractivity (Wildman–Crippen MR) is 108 cm³/mol. The molecule has 0 amide bonds. The standard InChI is InChI=1S/C22H26N2O3/c1-3-4-5-15-27-20-8-6-7-18-19(20)16-21(26-2)24(22(18)25)14-11-17-9-12-23-13-10-17/h6-10,12-13,16H,3-5,11,14-15H2,1-2H3. The van der Waals surface area contributed by atoms with Gasteiger partial charge in [0.2, 0.25) is 0 Å². The number of ether oxygens (including phenoxy) is 2. The molecule has 2 aromatic heterocycles. The van der Waals surface area contributed by atoms with Gasteiger partial charge in [0.25, 0.3) is 5.56 Å². The Hall–Kier alpha value is -2.82. The van der Waals surface area contributed by atoms with Crippen molar-refractivity contribution in [1.82, 2.24) is 9.55 Å². The van der Waals surface area contributed by atoms with Crippen molar-refractivity contribution in [2.24, 2.45) is 0 Å². The van der Waals surface area contributed by atoms with Crippen molar-refractivity contribution >= 4 is 10.8 Å². The first-order valence-corrected chi connectivity index (χ1v) is 9.47. The van der Waals surface area contributed by atoms with E-state index < -0.39 is 0 Å². The summed E-state index contributed by atoms with van der Waals surface area (Å²) in [6, 6.07) is 11.5. The molecule has 0 aliphatic heterocycles. The van der Waals surface area contributed by atoms with Crippen LogP contribution in [0.25, 0.3) is 10.8 Å². The van der Waals surface area contributed by atoms with E-state index in [-0.39, 0.29) is 5.56 Å². The van der Waals surface area contributed by atoms with Crippen LogP contribution in [-0.2, 0) is 13.0 Å². The average Bonchev–Trinajstić information content (AvgIpc) is 2.71. The van der Waals surface area contributed by atoms with Crippen LogP contribution in [0.1, 0.15) is 31.7 Å². The van der Waals surface area contributed by atoms with E-state index in [1.165, 1.54) is 0 Å². The van der Waals surface area contributed by atoms with Crippen LogP contribution in [0.4, 0.5) is 0 Å². The minimum Gasteiger partial charge on any atom is -0.493 e. The highest BCUT2D eigenvalue weighted by atomic mass is 16.5. The highest BCUT2D eigenvalue weighted by molar-refractivity contribution is 5.88. The topological polar surface area (TPSA) is 53.4 Å². The molecule has 3 aromatic rings. The molecule has 1 aromatic carbocycles. The Balaban J connectivity index is 1.91. The van der Waals surface area contributed by atoms with Gasteiger partial charge in [-0.15, -0.1) is 0 Å². The summed E-state index contributed by atoms with van der Waals surface area (Å²) in [5.41, 5.74) is 1.07. The number of aromatic nitrogens is 2. The summed E-state index contributed by atoms with van der Waals surface area (Å²) >= 11 is 0. The van der Waals surface area contributed by atoms with Crippen molar-refractivity contribution < 1.29 is 9.47 Å². The highest BCUT2D eigenvalue weighted by Crippen LogP contribution is 2.27. The molecule has 0 fully saturated rings. The Morgan fingerprint density at radius 3 is 2.63 bits per heavy atom. The normalized spacial score (nSPS) is 10.9. The largest absolute Gasteiger partial charge is 0.493 e. The fourth-order valence-electron chi connectivity index (χ4n) is 3.16. The van der Waals surface area contributed by atoms with Crippen LogP contribution in [0.2, 0.25) is 0 Å². The third-order valence-electron chi connectivity index (χ3n) is 4.66. The summed E-state index contributed by atoms with van der Waals surface area (Å²) in [7, 11) is 1.59. The molecule has 2 heterocycles. The molecule has 0 radical (unpaired) electrons. The highest BCUT2D eigenvalue weighted by Gasteiger charge is 2.13. The zero-order valence-corrected chi connectivity index (χ0v) is 16.0. The summed E-state index contributed by atoms with van der Waals surface area (Å²) < 4.78 is 13.1. The SMILES string of the molecule is CCCCCOc1cccc2c(=O)n(CCc3ccncc3)c(OC)cc12. The molecular weight excluding hydrogens is 340 g/mol. The summed E-state index contributed by atoms with van der Waals surface area (Å²) in [5.74, 6) is 1.28. The molecular formula is C22H26N2O3. The van der Waals surface area contributed by atoms with E-state index in [1.54, 1.807) is 24.1 Å². The monoisotopic (exact) mass is 366 g/mol. The fourth-order valence-corrected chi connectivity index (χ4v) is 3.16. The lowest BCUT2D eigenvalue weighted by Crippen LogP contribution is -2.23. The summed E-state index contributed by atoms with van der Waals surface area (Å²) in [5, 5.41) is 1.45. The van der Waals surface area contributed by atoms with Gasteiger partial charge >= 0.3 is 0 Å². The van der Waals surface area contributed by atoms with E-state index in [0.29, 0.717) is 24.4 Å². The number of aryl methyl sites for hydroxylation is 1. The van der Waals surface area contributed by atoms with Gasteiger partial charge in [0.1, 0.15) is 5.75 Å². The third kappa shape index (κ3) is 4.48. The van der Waals surface area contributed by atoms with Crippen LogP contribution in [0.3, 0.4) is 0 Å². The first-order chi connectivity index (χ1) is 13.2. The molecule has 142 valence electrons. The van der Waals surface area contributed by atoms with Crippen molar-refractivity contribution in [3.63, 3.8) is 0 Å². The number of benzene rings is 1. The molecule has 5 nitrogen and oxygen atoms in total. The molecule has 0 atom stereocenters. The predicted octanol–water partition coefficient (Wildman–Crippen LogP) is 4.22. The van der Waals surface area contributed by atoms with Gasteiger partial charge in [-0.3, -0.25) is 14.3 Å². The van der Waals surface area contributed by atoms with Crippen molar-refractivity contribution in [2.45, 2.75) is 39.2 Å². The lowest BCUT2D eigenvalue weighted by atomic mass is 10.1. The maximum Gasteiger partial charge on any atom is 0.261 e. The van der Waals surface area contributed by atoms with Crippen molar-refractivity contribution in [3.05, 3.63) is 64.7 Å². The van der Waals surface area contributed by atoms with Crippen LogP contribution in [-0.4, -0.2) is 23.3 Å². The van der Waals surface area contributed by atoms with Crippen LogP contribution >= 0.6 is 0 Å². The molecule has 0 unspecified atom stereocenters. The number of nitrogens with zero attached hydrogens (tertiary/aromatic N) is 2. The van der Waals surface area contributed by atoms with Gasteiger partial charge in [-0.1, -0.05) is 25.8 Å². The zero-order valence-electron chi connectivity index (χ0n) is 16.0. The number of methoxy groups -OCH3 is 1. The van der Waals surface area contributed by atoms with E-state index >= 15 is 0 Å². The Bertz CT molecular complexity index is 935. The van der Waals surface area contributed by atoms with Crippen molar-refractivity contribution in [3.8, 4) is 11.6 Å². The number of hydrogen-bond donors (Lipinski definition) is 0. The summed E-state index contributed by atoms with van der Waals surface area (Å²) in [4.78, 5) is 17.1. The van der Waals surface area contributed by atoms with Gasteiger partial charge in [-0.05, 0) is 42.7 Å². The first kappa shape index (κ1) is 19.0. The minimum absolute atomic E-state index is 0.0579. The average molecular weight is 366 g/mol. The maximum atomic E-state index is 13.1. The first-order valence-electron chi connectivity index (χ1n) is 9.47. The van der Waals surface area contributed by atoms with Crippen LogP contribution < -0.4 is 15.0 Å². The number of hydrogen-bond acceptors (Lipinski definition) is 4. The lowest BCUT2D eigenvalue weighted by molar-refractivity contribution is 0.309. The van der Waals surface area contributed by atoms with Gasteiger partial charge in [0, 0.05) is 30.4 Å². The maximum absolute atomic E-state index is 13.1. The second-order valence-electron chi connectivity index (χ2n) is 6.52. The quantitative estimate of drug-likeness (QED) is 0.532. The summed E-state index contributed by atoms with van der Waals surface area (Å²) in [6.45, 7) is 3.36. The lowest BCUT2D eigenvalue weighted by Gasteiger charge is -2.15. The second kappa shape index (κ2) is 9.21. The van der Waals surface area contributed by atoms with E-state index in [2.05, 4.69) is 11.9 Å². The fraction of sp³-hybridized carbons (Fsp3) is 0.364. The molecule has 0 saturated heterocycles. The van der Waals surface area contributed by atoms with E-state index in [0.717, 1.165) is 42.4 Å². The van der Waals surface area contributed by atoms with Gasteiger partial charge in [-0.2, -0.15) is 0 Å².